The summed E-state index contributed by atoms with van der Waals surface area (Å²) in [6, 6.07) is 11.3. The number of benzene rings is 3. The number of anilines is 1. The summed E-state index contributed by atoms with van der Waals surface area (Å²) in [6.45, 7) is 3.45. The lowest BCUT2D eigenvalue weighted by atomic mass is 10.1. The summed E-state index contributed by atoms with van der Waals surface area (Å²) in [5.74, 6) is -0.685. The van der Waals surface area contributed by atoms with Gasteiger partial charge in [-0.15, -0.1) is 0 Å². The van der Waals surface area contributed by atoms with E-state index in [1.54, 1.807) is 38.1 Å². The van der Waals surface area contributed by atoms with Gasteiger partial charge in [-0.1, -0.05) is 35.3 Å². The largest absolute Gasteiger partial charge is 0.455 e. The van der Waals surface area contributed by atoms with Crippen LogP contribution in [0.4, 0.5) is 14.9 Å². The summed E-state index contributed by atoms with van der Waals surface area (Å²) in [7, 11) is 0. The van der Waals surface area contributed by atoms with Crippen LogP contribution in [-0.2, 0) is 0 Å². The Hall–Kier alpha value is -2.61. The number of carbonyl (C=O) groups excluding carboxylic acids is 2. The molecule has 0 aliphatic carbocycles. The van der Waals surface area contributed by atoms with Crippen molar-refractivity contribution in [3.05, 3.63) is 85.6 Å². The van der Waals surface area contributed by atoms with Gasteiger partial charge in [0.25, 0.3) is 5.91 Å². The Balaban J connectivity index is 1.79. The summed E-state index contributed by atoms with van der Waals surface area (Å²) < 4.78 is 20.3. The van der Waals surface area contributed by atoms with Crippen LogP contribution in [0.25, 0.3) is 0 Å². The lowest BCUT2D eigenvalue weighted by Crippen LogP contribution is -2.35. The number of rotatable bonds is 4. The number of ether oxygens (including phenoxy) is 1. The summed E-state index contributed by atoms with van der Waals surface area (Å²) in [5.41, 5.74) is 1.36. The van der Waals surface area contributed by atoms with E-state index in [0.717, 1.165) is 6.07 Å². The third-order valence-corrected chi connectivity index (χ3v) is 5.68. The Morgan fingerprint density at radius 2 is 1.74 bits per heavy atom. The summed E-state index contributed by atoms with van der Waals surface area (Å²) >= 11 is 15.8. The van der Waals surface area contributed by atoms with Crippen LogP contribution < -0.4 is 15.4 Å². The maximum Gasteiger partial charge on any atom is 0.326 e. The number of hydrogen-bond donors (Lipinski definition) is 2. The average molecular weight is 526 g/mol. The molecule has 3 rings (SSSR count). The van der Waals surface area contributed by atoms with Crippen LogP contribution in [0.1, 0.15) is 21.5 Å². The molecule has 0 aromatic heterocycles. The van der Waals surface area contributed by atoms with Crippen LogP contribution in [0.3, 0.4) is 0 Å². The number of aryl methyl sites for hydroxylation is 1. The minimum atomic E-state index is -0.857. The normalized spacial score (nSPS) is 10.5. The van der Waals surface area contributed by atoms with E-state index in [9.17, 15) is 14.0 Å². The fraction of sp³-hybridized carbons (Fsp3) is 0.0909. The third-order valence-electron chi connectivity index (χ3n) is 4.36. The third kappa shape index (κ3) is 5.36. The Bertz CT molecular complexity index is 1190. The van der Waals surface area contributed by atoms with Crippen molar-refractivity contribution in [1.82, 2.24) is 5.32 Å². The van der Waals surface area contributed by atoms with Gasteiger partial charge in [-0.3, -0.25) is 10.1 Å². The van der Waals surface area contributed by atoms with Crippen LogP contribution in [0.2, 0.25) is 10.0 Å². The van der Waals surface area contributed by atoms with Crippen LogP contribution in [0, 0.1) is 19.7 Å². The van der Waals surface area contributed by atoms with Crippen LogP contribution in [-0.4, -0.2) is 11.9 Å². The molecule has 0 radical (unpaired) electrons. The van der Waals surface area contributed by atoms with Crippen molar-refractivity contribution in [3.8, 4) is 11.5 Å². The molecule has 0 saturated heterocycles. The first kappa shape index (κ1) is 23.1. The minimum absolute atomic E-state index is 0.235. The lowest BCUT2D eigenvalue weighted by Gasteiger charge is -2.17. The second-order valence-corrected chi connectivity index (χ2v) is 8.24. The first-order chi connectivity index (χ1) is 14.7. The molecule has 0 heterocycles. The van der Waals surface area contributed by atoms with E-state index in [1.165, 1.54) is 18.2 Å². The Kier molecular flexibility index (Phi) is 7.20. The molecule has 5 nitrogen and oxygen atoms in total. The van der Waals surface area contributed by atoms with Crippen molar-refractivity contribution >= 4 is 56.8 Å². The maximum absolute atomic E-state index is 13.7. The maximum atomic E-state index is 13.7. The van der Waals surface area contributed by atoms with Gasteiger partial charge in [-0.05, 0) is 77.3 Å². The highest BCUT2D eigenvalue weighted by Gasteiger charge is 2.19. The quantitative estimate of drug-likeness (QED) is 0.376. The van der Waals surface area contributed by atoms with Crippen molar-refractivity contribution in [2.24, 2.45) is 0 Å². The highest BCUT2D eigenvalue weighted by Crippen LogP contribution is 2.40. The minimum Gasteiger partial charge on any atom is -0.455 e. The van der Waals surface area contributed by atoms with Crippen LogP contribution >= 0.6 is 39.1 Å². The molecule has 0 atom stereocenters. The molecular formula is C22H16BrCl2FN2O3. The van der Waals surface area contributed by atoms with Gasteiger partial charge in [0.2, 0.25) is 0 Å². The number of imide groups is 1. The van der Waals surface area contributed by atoms with E-state index < -0.39 is 17.8 Å². The van der Waals surface area contributed by atoms with Crippen molar-refractivity contribution in [3.63, 3.8) is 0 Å². The molecule has 0 unspecified atom stereocenters. The molecule has 2 N–H and O–H groups in total. The number of amides is 3. The average Bonchev–Trinajstić information content (AvgIpc) is 2.71. The number of hydrogen-bond acceptors (Lipinski definition) is 3. The molecule has 31 heavy (non-hydrogen) atoms. The van der Waals surface area contributed by atoms with Gasteiger partial charge >= 0.3 is 6.03 Å². The fourth-order valence-corrected chi connectivity index (χ4v) is 3.78. The first-order valence-electron chi connectivity index (χ1n) is 8.97. The van der Waals surface area contributed by atoms with Crippen molar-refractivity contribution in [2.45, 2.75) is 13.8 Å². The molecule has 0 aliphatic heterocycles. The molecule has 160 valence electrons. The van der Waals surface area contributed by atoms with Gasteiger partial charge in [-0.25, -0.2) is 9.18 Å². The standard InChI is InChI=1S/C22H16BrCl2FN2O3/c1-11-9-18(31-17-8-7-13(24)10-15(17)23)19(25)12(2)20(11)27-22(30)28-21(29)14-5-3-4-6-16(14)26/h3-10H,1-2H3,(H2,27,28,29,30). The summed E-state index contributed by atoms with van der Waals surface area (Å²) in [6.07, 6.45) is 0. The zero-order valence-corrected chi connectivity index (χ0v) is 19.5. The van der Waals surface area contributed by atoms with Gasteiger partial charge in [0, 0.05) is 10.7 Å². The number of nitrogens with one attached hydrogen (secondary N) is 2. The highest BCUT2D eigenvalue weighted by molar-refractivity contribution is 9.10. The van der Waals surface area contributed by atoms with Crippen molar-refractivity contribution in [1.29, 1.82) is 0 Å². The molecule has 0 aliphatic rings. The predicted molar refractivity (Wildman–Crippen MR) is 123 cm³/mol. The van der Waals surface area contributed by atoms with Gasteiger partial charge < -0.3 is 10.1 Å². The Morgan fingerprint density at radius 3 is 2.42 bits per heavy atom. The molecular weight excluding hydrogens is 510 g/mol. The Morgan fingerprint density at radius 1 is 1.03 bits per heavy atom. The van der Waals surface area contributed by atoms with Gasteiger partial charge in [0.15, 0.2) is 0 Å². The molecule has 9 heteroatoms. The van der Waals surface area contributed by atoms with Gasteiger partial charge in [-0.2, -0.15) is 0 Å². The van der Waals surface area contributed by atoms with E-state index in [0.29, 0.717) is 37.8 Å². The van der Waals surface area contributed by atoms with E-state index in [4.69, 9.17) is 27.9 Å². The molecule has 0 spiro atoms. The topological polar surface area (TPSA) is 67.4 Å². The second kappa shape index (κ2) is 9.68. The monoisotopic (exact) mass is 524 g/mol. The number of urea groups is 1. The number of carbonyl (C=O) groups is 2. The van der Waals surface area contributed by atoms with Gasteiger partial charge in [0.05, 0.1) is 15.1 Å². The first-order valence-corrected chi connectivity index (χ1v) is 10.5. The van der Waals surface area contributed by atoms with Crippen molar-refractivity contribution in [2.75, 3.05) is 5.32 Å². The zero-order chi connectivity index (χ0) is 22.7. The molecule has 0 saturated carbocycles. The Labute approximate surface area is 196 Å². The summed E-state index contributed by atoms with van der Waals surface area (Å²) in [5, 5.41) is 5.52. The van der Waals surface area contributed by atoms with Gasteiger partial charge in [0.1, 0.15) is 17.3 Å². The molecule has 3 amide bonds. The second-order valence-electron chi connectivity index (χ2n) is 6.57. The van der Waals surface area contributed by atoms with E-state index >= 15 is 0 Å². The zero-order valence-electron chi connectivity index (χ0n) is 16.4. The van der Waals surface area contributed by atoms with E-state index in [2.05, 4.69) is 26.6 Å². The molecule has 0 bridgehead atoms. The molecule has 0 fully saturated rings. The number of halogens is 4. The highest BCUT2D eigenvalue weighted by atomic mass is 79.9. The van der Waals surface area contributed by atoms with E-state index in [-0.39, 0.29) is 10.6 Å². The molecule has 3 aromatic rings. The summed E-state index contributed by atoms with van der Waals surface area (Å²) in [4.78, 5) is 24.5. The molecule has 3 aromatic carbocycles. The lowest BCUT2D eigenvalue weighted by molar-refractivity contribution is 0.0963. The van der Waals surface area contributed by atoms with Crippen molar-refractivity contribution < 1.29 is 18.7 Å². The predicted octanol–water partition coefficient (Wildman–Crippen LogP) is 7.27. The van der Waals surface area contributed by atoms with Crippen LogP contribution in [0.5, 0.6) is 11.5 Å². The van der Waals surface area contributed by atoms with E-state index in [1.807, 2.05) is 0 Å². The smallest absolute Gasteiger partial charge is 0.326 e. The SMILES string of the molecule is Cc1cc(Oc2ccc(Cl)cc2Br)c(Cl)c(C)c1NC(=O)NC(=O)c1ccccc1F. The fourth-order valence-electron chi connectivity index (χ4n) is 2.83. The van der Waals surface area contributed by atoms with Crippen LogP contribution in [0.15, 0.2) is 53.0 Å².